The minimum atomic E-state index is -3.94. The summed E-state index contributed by atoms with van der Waals surface area (Å²) in [7, 11) is -2.54. The molecule has 0 aliphatic carbocycles. The van der Waals surface area contributed by atoms with Crippen LogP contribution in [0.2, 0.25) is 0 Å². The fourth-order valence-corrected chi connectivity index (χ4v) is 4.66. The van der Waals surface area contributed by atoms with Gasteiger partial charge in [0.05, 0.1) is 32.8 Å². The van der Waals surface area contributed by atoms with Crippen molar-refractivity contribution in [1.29, 1.82) is 0 Å². The van der Waals surface area contributed by atoms with Crippen molar-refractivity contribution in [2.45, 2.75) is 11.3 Å². The van der Waals surface area contributed by atoms with E-state index in [1.165, 1.54) is 25.3 Å². The number of hydrogen-bond donors (Lipinski definition) is 2. The third-order valence-corrected chi connectivity index (χ3v) is 6.60. The SMILES string of the molecule is COc1ccc(S(N)(=O)=O)cc1C(=O)Nc1ccc(Cc2nc3ccccc3s2)cc1. The second kappa shape index (κ2) is 8.46. The molecule has 0 aliphatic rings. The van der Waals surface area contributed by atoms with Crippen LogP contribution in [0, 0.1) is 0 Å². The Balaban J connectivity index is 1.50. The van der Waals surface area contributed by atoms with Gasteiger partial charge in [-0.2, -0.15) is 0 Å². The smallest absolute Gasteiger partial charge is 0.259 e. The van der Waals surface area contributed by atoms with E-state index in [2.05, 4.69) is 10.3 Å². The Kier molecular flexibility index (Phi) is 5.73. The van der Waals surface area contributed by atoms with Crippen LogP contribution in [0.4, 0.5) is 5.69 Å². The third-order valence-electron chi connectivity index (χ3n) is 4.65. The number of fused-ring (bicyclic) bond motifs is 1. The van der Waals surface area contributed by atoms with Crippen LogP contribution < -0.4 is 15.2 Å². The maximum atomic E-state index is 12.7. The molecule has 31 heavy (non-hydrogen) atoms. The van der Waals surface area contributed by atoms with Crippen LogP contribution in [-0.4, -0.2) is 26.4 Å². The number of primary sulfonamides is 1. The molecule has 1 amide bonds. The van der Waals surface area contributed by atoms with Crippen LogP contribution in [0.25, 0.3) is 10.2 Å². The quantitative estimate of drug-likeness (QED) is 0.461. The Hall–Kier alpha value is -3.27. The summed E-state index contributed by atoms with van der Waals surface area (Å²) in [6.45, 7) is 0. The minimum Gasteiger partial charge on any atom is -0.496 e. The first kappa shape index (κ1) is 21.0. The van der Waals surface area contributed by atoms with Gasteiger partial charge in [-0.1, -0.05) is 24.3 Å². The summed E-state index contributed by atoms with van der Waals surface area (Å²) >= 11 is 1.66. The first-order valence-electron chi connectivity index (χ1n) is 9.29. The maximum Gasteiger partial charge on any atom is 0.259 e. The summed E-state index contributed by atoms with van der Waals surface area (Å²) in [6, 6.07) is 19.3. The van der Waals surface area contributed by atoms with Crippen LogP contribution in [0.15, 0.2) is 71.6 Å². The Morgan fingerprint density at radius 1 is 1.10 bits per heavy atom. The molecule has 0 atom stereocenters. The van der Waals surface area contributed by atoms with Crippen LogP contribution >= 0.6 is 11.3 Å². The number of nitrogens with one attached hydrogen (secondary N) is 1. The summed E-state index contributed by atoms with van der Waals surface area (Å²) in [5, 5.41) is 8.94. The molecule has 0 saturated carbocycles. The number of methoxy groups -OCH3 is 1. The summed E-state index contributed by atoms with van der Waals surface area (Å²) in [6.07, 6.45) is 0.692. The molecule has 4 aromatic rings. The minimum absolute atomic E-state index is 0.0765. The van der Waals surface area contributed by atoms with Crippen LogP contribution in [-0.2, 0) is 16.4 Å². The monoisotopic (exact) mass is 453 g/mol. The van der Waals surface area contributed by atoms with Crippen molar-refractivity contribution in [2.24, 2.45) is 5.14 Å². The standard InChI is InChI=1S/C22H19N3O4S2/c1-29-19-11-10-16(31(23,27)28)13-17(19)22(26)24-15-8-6-14(7-9-15)12-21-25-18-4-2-3-5-20(18)30-21/h2-11,13H,12H2,1H3,(H,24,26)(H2,23,27,28). The number of benzene rings is 3. The predicted octanol–water partition coefficient (Wildman–Crippen LogP) is 3.80. The first-order chi connectivity index (χ1) is 14.8. The van der Waals surface area contributed by atoms with Crippen LogP contribution in [0.1, 0.15) is 20.9 Å². The van der Waals surface area contributed by atoms with Gasteiger partial charge in [-0.25, -0.2) is 18.5 Å². The fraction of sp³-hybridized carbons (Fsp3) is 0.0909. The van der Waals surface area contributed by atoms with Gasteiger partial charge in [-0.15, -0.1) is 11.3 Å². The van der Waals surface area contributed by atoms with Crippen molar-refractivity contribution in [3.8, 4) is 5.75 Å². The highest BCUT2D eigenvalue weighted by Crippen LogP contribution is 2.25. The van der Waals surface area contributed by atoms with Crippen molar-refractivity contribution in [3.05, 3.63) is 82.9 Å². The van der Waals surface area contributed by atoms with Crippen molar-refractivity contribution >= 4 is 43.2 Å². The second-order valence-electron chi connectivity index (χ2n) is 6.81. The van der Waals surface area contributed by atoms with E-state index in [1.807, 2.05) is 36.4 Å². The largest absolute Gasteiger partial charge is 0.496 e. The molecule has 4 rings (SSSR count). The van der Waals surface area contributed by atoms with E-state index in [9.17, 15) is 13.2 Å². The average Bonchev–Trinajstić information content (AvgIpc) is 3.16. The molecule has 0 fully saturated rings. The predicted molar refractivity (Wildman–Crippen MR) is 121 cm³/mol. The molecule has 0 spiro atoms. The lowest BCUT2D eigenvalue weighted by atomic mass is 10.1. The fourth-order valence-electron chi connectivity index (χ4n) is 3.12. The van der Waals surface area contributed by atoms with E-state index < -0.39 is 15.9 Å². The Morgan fingerprint density at radius 3 is 2.52 bits per heavy atom. The Bertz CT molecular complexity index is 1330. The number of carbonyl (C=O) groups is 1. The number of amides is 1. The number of thiazole rings is 1. The number of aromatic nitrogens is 1. The molecular weight excluding hydrogens is 434 g/mol. The average molecular weight is 454 g/mol. The zero-order chi connectivity index (χ0) is 22.0. The zero-order valence-electron chi connectivity index (χ0n) is 16.5. The molecular formula is C22H19N3O4S2. The second-order valence-corrected chi connectivity index (χ2v) is 9.49. The highest BCUT2D eigenvalue weighted by molar-refractivity contribution is 7.89. The Labute approximate surface area is 183 Å². The van der Waals surface area contributed by atoms with E-state index in [1.54, 1.807) is 23.5 Å². The third kappa shape index (κ3) is 4.74. The molecule has 3 N–H and O–H groups in total. The van der Waals surface area contributed by atoms with Gasteiger partial charge in [0.15, 0.2) is 0 Å². The number of carbonyl (C=O) groups excluding carboxylic acids is 1. The van der Waals surface area contributed by atoms with E-state index >= 15 is 0 Å². The van der Waals surface area contributed by atoms with E-state index in [4.69, 9.17) is 9.88 Å². The maximum absolute atomic E-state index is 12.7. The molecule has 1 aromatic heterocycles. The molecule has 7 nitrogen and oxygen atoms in total. The summed E-state index contributed by atoms with van der Waals surface area (Å²) in [5.41, 5.74) is 2.70. The van der Waals surface area contributed by atoms with Gasteiger partial charge in [0.1, 0.15) is 5.75 Å². The molecule has 158 valence electrons. The van der Waals surface area contributed by atoms with Crippen LogP contribution in [0.5, 0.6) is 5.75 Å². The van der Waals surface area contributed by atoms with E-state index in [0.29, 0.717) is 12.1 Å². The molecule has 1 heterocycles. The van der Waals surface area contributed by atoms with Gasteiger partial charge in [-0.3, -0.25) is 4.79 Å². The van der Waals surface area contributed by atoms with Gasteiger partial charge in [0.2, 0.25) is 10.0 Å². The number of sulfonamides is 1. The summed E-state index contributed by atoms with van der Waals surface area (Å²) < 4.78 is 29.6. The first-order valence-corrected chi connectivity index (χ1v) is 11.7. The number of nitrogens with two attached hydrogens (primary N) is 1. The van der Waals surface area contributed by atoms with Crippen molar-refractivity contribution in [3.63, 3.8) is 0 Å². The molecule has 9 heteroatoms. The lowest BCUT2D eigenvalue weighted by Crippen LogP contribution is -2.16. The van der Waals surface area contributed by atoms with E-state index in [-0.39, 0.29) is 16.2 Å². The number of nitrogens with zero attached hydrogens (tertiary/aromatic N) is 1. The number of rotatable bonds is 6. The zero-order valence-corrected chi connectivity index (χ0v) is 18.2. The van der Waals surface area contributed by atoms with Crippen LogP contribution in [0.3, 0.4) is 0 Å². The Morgan fingerprint density at radius 2 is 1.84 bits per heavy atom. The molecule has 0 aliphatic heterocycles. The molecule has 3 aromatic carbocycles. The molecule has 0 bridgehead atoms. The lowest BCUT2D eigenvalue weighted by Gasteiger charge is -2.11. The normalized spacial score (nSPS) is 11.4. The molecule has 0 unspecified atom stereocenters. The number of hydrogen-bond acceptors (Lipinski definition) is 6. The van der Waals surface area contributed by atoms with Gasteiger partial charge in [-0.05, 0) is 48.0 Å². The van der Waals surface area contributed by atoms with E-state index in [0.717, 1.165) is 20.8 Å². The summed E-state index contributed by atoms with van der Waals surface area (Å²) in [5.74, 6) is -0.251. The van der Waals surface area contributed by atoms with Gasteiger partial charge >= 0.3 is 0 Å². The highest BCUT2D eigenvalue weighted by atomic mass is 32.2. The number of anilines is 1. The van der Waals surface area contributed by atoms with Crippen molar-refractivity contribution in [1.82, 2.24) is 4.98 Å². The summed E-state index contributed by atoms with van der Waals surface area (Å²) in [4.78, 5) is 17.2. The highest BCUT2D eigenvalue weighted by Gasteiger charge is 2.17. The van der Waals surface area contributed by atoms with Gasteiger partial charge in [0, 0.05) is 12.1 Å². The van der Waals surface area contributed by atoms with Crippen molar-refractivity contribution < 1.29 is 17.9 Å². The lowest BCUT2D eigenvalue weighted by molar-refractivity contribution is 0.102. The topological polar surface area (TPSA) is 111 Å². The van der Waals surface area contributed by atoms with Gasteiger partial charge < -0.3 is 10.1 Å². The number of para-hydroxylation sites is 1. The van der Waals surface area contributed by atoms with Crippen molar-refractivity contribution in [2.75, 3.05) is 12.4 Å². The molecule has 0 radical (unpaired) electrons. The van der Waals surface area contributed by atoms with Gasteiger partial charge in [0.25, 0.3) is 5.91 Å². The number of ether oxygens (including phenoxy) is 1. The molecule has 0 saturated heterocycles.